The van der Waals surface area contributed by atoms with E-state index in [9.17, 15) is 19.5 Å². The Morgan fingerprint density at radius 3 is 2.58 bits per heavy atom. The number of amides is 2. The average Bonchev–Trinajstić information content (AvgIpc) is 3.30. The Kier molecular flexibility index (Phi) is 6.01. The molecule has 0 unspecified atom stereocenters. The van der Waals surface area contributed by atoms with Crippen LogP contribution in [0.5, 0.6) is 0 Å². The Morgan fingerprint density at radius 1 is 1.06 bits per heavy atom. The zero-order chi connectivity index (χ0) is 22.4. The minimum Gasteiger partial charge on any atom is -0.386 e. The van der Waals surface area contributed by atoms with Gasteiger partial charge in [-0.25, -0.2) is 0 Å². The maximum absolute atomic E-state index is 12.8. The van der Waals surface area contributed by atoms with Crippen LogP contribution >= 0.6 is 11.6 Å². The average molecular weight is 464 g/mol. The number of hydrogen-bond donors (Lipinski definition) is 3. The highest BCUT2D eigenvalue weighted by atomic mass is 35.5. The van der Waals surface area contributed by atoms with E-state index < -0.39 is 17.9 Å². The second-order valence-electron chi connectivity index (χ2n) is 7.82. The number of Topliss-reactive ketones (excluding diaryl/α,β-unsaturated/α-hetero) is 1. The predicted octanol–water partition coefficient (Wildman–Crippen LogP) is 3.79. The topological polar surface area (TPSA) is 108 Å². The van der Waals surface area contributed by atoms with Crippen LogP contribution in [0.25, 0.3) is 0 Å². The number of anilines is 1. The van der Waals surface area contributed by atoms with Crippen molar-refractivity contribution in [3.05, 3.63) is 87.1 Å². The number of hydrogen-bond acceptors (Lipinski definition) is 6. The van der Waals surface area contributed by atoms with Crippen LogP contribution in [0, 0.1) is 0 Å². The van der Waals surface area contributed by atoms with E-state index in [0.29, 0.717) is 50.8 Å². The van der Waals surface area contributed by atoms with Crippen molar-refractivity contribution in [3.63, 3.8) is 0 Å². The Bertz CT molecular complexity index is 1250. The summed E-state index contributed by atoms with van der Waals surface area (Å²) in [7, 11) is 0. The molecule has 33 heavy (non-hydrogen) atoms. The number of aliphatic imine (C=N–C) groups is 1. The highest BCUT2D eigenvalue weighted by Gasteiger charge is 2.32. The van der Waals surface area contributed by atoms with E-state index in [2.05, 4.69) is 15.6 Å². The summed E-state index contributed by atoms with van der Waals surface area (Å²) in [5, 5.41) is 16.5. The maximum Gasteiger partial charge on any atom is 0.259 e. The van der Waals surface area contributed by atoms with Gasteiger partial charge >= 0.3 is 0 Å². The molecule has 0 saturated heterocycles. The summed E-state index contributed by atoms with van der Waals surface area (Å²) < 4.78 is 0. The quantitative estimate of drug-likeness (QED) is 0.474. The molecule has 2 amide bonds. The van der Waals surface area contributed by atoms with E-state index in [0.717, 1.165) is 5.56 Å². The predicted molar refractivity (Wildman–Crippen MR) is 127 cm³/mol. The summed E-state index contributed by atoms with van der Waals surface area (Å²) in [6.45, 7) is 0.0694. The first-order chi connectivity index (χ1) is 15.4. The molecule has 1 atom stereocenters. The number of nitrogens with zero attached hydrogens (tertiary/aromatic N) is 1. The lowest BCUT2D eigenvalue weighted by Gasteiger charge is -2.16. The minimum atomic E-state index is -0.862. The van der Waals surface area contributed by atoms with E-state index in [1.807, 2.05) is 0 Å². The van der Waals surface area contributed by atoms with Crippen molar-refractivity contribution in [1.82, 2.24) is 5.32 Å². The van der Waals surface area contributed by atoms with Gasteiger partial charge in [-0.05, 0) is 41.5 Å². The zero-order valence-corrected chi connectivity index (χ0v) is 17.6. The molecule has 3 N–H and O–H groups in total. The summed E-state index contributed by atoms with van der Waals surface area (Å²) in [6, 6.07) is 10.3. The lowest BCUT2D eigenvalue weighted by Crippen LogP contribution is -2.20. The van der Waals surface area contributed by atoms with Crippen molar-refractivity contribution in [2.24, 2.45) is 4.99 Å². The molecular weight excluding hydrogens is 442 g/mol. The number of ketones is 1. The standard InChI is InChI=1S/C24H18ClN3O4.CH4/c25-14-4-1-3-12(7-14)21(30)11-26-17-5-2-6-20(29)22(17)19-9-13-8-15-16(10-18(13)27-19)24(32)28-23(15)31;/h1-5,7-8,10,21,27,30H,6,9,11H2,(H,28,31,32);1H4/t21-;/m1./s1. The number of aliphatic hydroxyl groups is 1. The molecule has 8 heteroatoms. The zero-order valence-electron chi connectivity index (χ0n) is 16.8. The summed E-state index contributed by atoms with van der Waals surface area (Å²) >= 11 is 6.00. The largest absolute Gasteiger partial charge is 0.386 e. The van der Waals surface area contributed by atoms with Crippen molar-refractivity contribution in [1.29, 1.82) is 0 Å². The van der Waals surface area contributed by atoms with Gasteiger partial charge in [0, 0.05) is 29.2 Å². The number of carbonyl (C=O) groups excluding carboxylic acids is 3. The van der Waals surface area contributed by atoms with Crippen LogP contribution in [-0.4, -0.2) is 35.0 Å². The van der Waals surface area contributed by atoms with Crippen LogP contribution in [0.15, 0.2) is 64.8 Å². The lowest BCUT2D eigenvalue weighted by molar-refractivity contribution is -0.114. The highest BCUT2D eigenvalue weighted by molar-refractivity contribution is 6.30. The first-order valence-corrected chi connectivity index (χ1v) is 10.5. The van der Waals surface area contributed by atoms with Crippen LogP contribution in [0.1, 0.15) is 51.8 Å². The van der Waals surface area contributed by atoms with Gasteiger partial charge in [0.2, 0.25) is 0 Å². The minimum absolute atomic E-state index is 0. The molecule has 2 aliphatic heterocycles. The van der Waals surface area contributed by atoms with Crippen molar-refractivity contribution >= 4 is 40.6 Å². The second kappa shape index (κ2) is 8.77. The smallest absolute Gasteiger partial charge is 0.259 e. The maximum atomic E-state index is 12.8. The van der Waals surface area contributed by atoms with Crippen molar-refractivity contribution in [2.45, 2.75) is 26.4 Å². The molecule has 0 aromatic heterocycles. The second-order valence-corrected chi connectivity index (χ2v) is 8.26. The van der Waals surface area contributed by atoms with E-state index in [4.69, 9.17) is 11.6 Å². The van der Waals surface area contributed by atoms with Gasteiger partial charge in [-0.15, -0.1) is 0 Å². The van der Waals surface area contributed by atoms with Crippen molar-refractivity contribution in [2.75, 3.05) is 11.9 Å². The molecule has 2 aromatic carbocycles. The Hall–Kier alpha value is -3.55. The van der Waals surface area contributed by atoms with Gasteiger partial charge in [0.05, 0.1) is 35.1 Å². The SMILES string of the molecule is C.O=C1CC=CC(=NC[C@@H](O)c2cccc(Cl)c2)C1=C1Cc2cc3c(cc2N1)C(=O)NC3=O. The number of allylic oxidation sites excluding steroid dienone is 4. The Morgan fingerprint density at radius 2 is 1.82 bits per heavy atom. The van der Waals surface area contributed by atoms with Gasteiger partial charge in [-0.1, -0.05) is 37.2 Å². The van der Waals surface area contributed by atoms with Gasteiger partial charge in [0.25, 0.3) is 11.8 Å². The third kappa shape index (κ3) is 4.13. The van der Waals surface area contributed by atoms with E-state index in [1.165, 1.54) is 0 Å². The Balaban J connectivity index is 0.00000259. The number of carbonyl (C=O) groups is 3. The number of fused-ring (bicyclic) bond motifs is 2. The fourth-order valence-electron chi connectivity index (χ4n) is 4.13. The van der Waals surface area contributed by atoms with Crippen LogP contribution in [0.4, 0.5) is 5.69 Å². The van der Waals surface area contributed by atoms with Crippen molar-refractivity contribution in [3.8, 4) is 0 Å². The molecule has 0 bridgehead atoms. The van der Waals surface area contributed by atoms with Crippen LogP contribution in [-0.2, 0) is 11.2 Å². The van der Waals surface area contributed by atoms with Crippen LogP contribution < -0.4 is 10.6 Å². The number of imide groups is 1. The van der Waals surface area contributed by atoms with E-state index in [1.54, 1.807) is 48.6 Å². The number of aliphatic hydroxyl groups excluding tert-OH is 1. The summed E-state index contributed by atoms with van der Waals surface area (Å²) in [4.78, 5) is 41.2. The molecule has 5 rings (SSSR count). The molecule has 0 saturated carbocycles. The molecule has 0 fully saturated rings. The van der Waals surface area contributed by atoms with E-state index in [-0.39, 0.29) is 26.2 Å². The first kappa shape index (κ1) is 22.6. The van der Waals surface area contributed by atoms with E-state index >= 15 is 0 Å². The molecule has 1 aliphatic carbocycles. The van der Waals surface area contributed by atoms with Crippen molar-refractivity contribution < 1.29 is 19.5 Å². The number of nitrogens with one attached hydrogen (secondary N) is 2. The van der Waals surface area contributed by atoms with Gasteiger partial charge in [-0.2, -0.15) is 0 Å². The summed E-state index contributed by atoms with van der Waals surface area (Å²) in [5.74, 6) is -0.923. The molecule has 2 heterocycles. The molecule has 2 aromatic rings. The third-order valence-electron chi connectivity index (χ3n) is 5.70. The summed E-state index contributed by atoms with van der Waals surface area (Å²) in [5.41, 5.74) is 4.44. The van der Waals surface area contributed by atoms with Crippen LogP contribution in [0.2, 0.25) is 5.02 Å². The molecule has 0 spiro atoms. The highest BCUT2D eigenvalue weighted by Crippen LogP contribution is 2.35. The summed E-state index contributed by atoms with van der Waals surface area (Å²) in [6.07, 6.45) is 3.32. The van der Waals surface area contributed by atoms with Gasteiger partial charge in [0.15, 0.2) is 5.78 Å². The molecule has 0 radical (unpaired) electrons. The molecular formula is C25H22ClN3O4. The van der Waals surface area contributed by atoms with Gasteiger partial charge in [0.1, 0.15) is 0 Å². The normalized spacial score (nSPS) is 20.8. The number of benzene rings is 2. The fraction of sp³-hybridized carbons (Fsp3) is 0.200. The monoisotopic (exact) mass is 463 g/mol. The number of rotatable bonds is 3. The third-order valence-corrected chi connectivity index (χ3v) is 5.93. The van der Waals surface area contributed by atoms with Gasteiger partial charge in [-0.3, -0.25) is 24.7 Å². The van der Waals surface area contributed by atoms with Crippen LogP contribution in [0.3, 0.4) is 0 Å². The fourth-order valence-corrected chi connectivity index (χ4v) is 4.33. The lowest BCUT2D eigenvalue weighted by atomic mass is 9.93. The molecule has 7 nitrogen and oxygen atoms in total. The van der Waals surface area contributed by atoms with Gasteiger partial charge < -0.3 is 10.4 Å². The Labute approximate surface area is 195 Å². The molecule has 168 valence electrons. The number of halogens is 1. The molecule has 3 aliphatic rings. The first-order valence-electron chi connectivity index (χ1n) is 10.1.